The number of aromatic nitrogens is 1. The molecule has 0 aliphatic heterocycles. The van der Waals surface area contributed by atoms with Crippen LogP contribution in [0, 0.1) is 19.7 Å². The van der Waals surface area contributed by atoms with Gasteiger partial charge in [0.1, 0.15) is 5.82 Å². The Morgan fingerprint density at radius 3 is 2.58 bits per heavy atom. The Bertz CT molecular complexity index is 1210. The summed E-state index contributed by atoms with van der Waals surface area (Å²) in [6.07, 6.45) is 0.919. The lowest BCUT2D eigenvalue weighted by molar-refractivity contribution is 0.102. The highest BCUT2D eigenvalue weighted by Gasteiger charge is 2.12. The van der Waals surface area contributed by atoms with Crippen molar-refractivity contribution in [1.82, 2.24) is 9.88 Å². The monoisotopic (exact) mass is 435 g/mol. The standard InChI is InChI=1S/C25H26FN3OS/c1-16-4-10-21(31-16)15-29(3)13-12-22-17(2)27-24-11-9-20(14-23(22)24)28-25(30)18-5-7-19(26)8-6-18/h4-11,14,27H,12-13,15H2,1-3H3,(H,28,30). The minimum absolute atomic E-state index is 0.251. The Labute approximate surface area is 185 Å². The summed E-state index contributed by atoms with van der Waals surface area (Å²) < 4.78 is 13.1. The molecule has 0 aliphatic rings. The van der Waals surface area contributed by atoms with Crippen LogP contribution in [0.25, 0.3) is 10.9 Å². The second-order valence-corrected chi connectivity index (χ2v) is 9.32. The molecule has 2 aromatic carbocycles. The molecule has 2 N–H and O–H groups in total. The number of hydrogen-bond acceptors (Lipinski definition) is 3. The SMILES string of the molecule is Cc1ccc(CN(C)CCc2c(C)[nH]c3ccc(NC(=O)c4ccc(F)cc4)cc23)s1. The van der Waals surface area contributed by atoms with E-state index in [-0.39, 0.29) is 11.7 Å². The van der Waals surface area contributed by atoms with E-state index >= 15 is 0 Å². The highest BCUT2D eigenvalue weighted by molar-refractivity contribution is 7.11. The Kier molecular flexibility index (Phi) is 6.20. The molecule has 0 saturated heterocycles. The van der Waals surface area contributed by atoms with E-state index in [1.54, 1.807) is 0 Å². The Morgan fingerprint density at radius 1 is 1.10 bits per heavy atom. The summed E-state index contributed by atoms with van der Waals surface area (Å²) in [4.78, 5) is 21.0. The Morgan fingerprint density at radius 2 is 1.87 bits per heavy atom. The molecule has 0 spiro atoms. The van der Waals surface area contributed by atoms with E-state index in [9.17, 15) is 9.18 Å². The number of rotatable bonds is 7. The Hall–Kier alpha value is -2.96. The van der Waals surface area contributed by atoms with Gasteiger partial charge < -0.3 is 15.2 Å². The zero-order valence-electron chi connectivity index (χ0n) is 18.0. The summed E-state index contributed by atoms with van der Waals surface area (Å²) in [6.45, 7) is 6.11. The number of thiophene rings is 1. The van der Waals surface area contributed by atoms with Crippen LogP contribution in [0.15, 0.2) is 54.6 Å². The summed E-state index contributed by atoms with van der Waals surface area (Å²) in [6, 6.07) is 15.8. The van der Waals surface area contributed by atoms with Crippen molar-refractivity contribution < 1.29 is 9.18 Å². The molecule has 160 valence electrons. The average Bonchev–Trinajstić information content (AvgIpc) is 3.28. The zero-order valence-corrected chi connectivity index (χ0v) is 18.8. The molecule has 4 nitrogen and oxygen atoms in total. The van der Waals surface area contributed by atoms with Crippen LogP contribution in [0.3, 0.4) is 0 Å². The first-order valence-electron chi connectivity index (χ1n) is 10.3. The average molecular weight is 436 g/mol. The van der Waals surface area contributed by atoms with Crippen molar-refractivity contribution >= 4 is 33.8 Å². The lowest BCUT2D eigenvalue weighted by atomic mass is 10.1. The fourth-order valence-electron chi connectivity index (χ4n) is 3.80. The van der Waals surface area contributed by atoms with E-state index in [2.05, 4.69) is 48.2 Å². The van der Waals surface area contributed by atoms with E-state index in [1.807, 2.05) is 29.5 Å². The number of aromatic amines is 1. The predicted molar refractivity (Wildman–Crippen MR) is 126 cm³/mol. The zero-order chi connectivity index (χ0) is 22.0. The Balaban J connectivity index is 1.48. The van der Waals surface area contributed by atoms with Crippen LogP contribution in [0.4, 0.5) is 10.1 Å². The molecule has 0 fully saturated rings. The molecule has 4 aromatic rings. The fraction of sp³-hybridized carbons (Fsp3) is 0.240. The number of hydrogen-bond donors (Lipinski definition) is 2. The number of amides is 1. The van der Waals surface area contributed by atoms with Gasteiger partial charge in [-0.25, -0.2) is 4.39 Å². The van der Waals surface area contributed by atoms with Crippen LogP contribution < -0.4 is 5.32 Å². The lowest BCUT2D eigenvalue weighted by Gasteiger charge is -2.15. The summed E-state index contributed by atoms with van der Waals surface area (Å²) >= 11 is 1.84. The number of carbonyl (C=O) groups is 1. The smallest absolute Gasteiger partial charge is 0.255 e. The third-order valence-corrected chi connectivity index (χ3v) is 6.43. The minimum Gasteiger partial charge on any atom is -0.358 e. The van der Waals surface area contributed by atoms with Crippen molar-refractivity contribution in [2.45, 2.75) is 26.8 Å². The minimum atomic E-state index is -0.357. The second kappa shape index (κ2) is 9.04. The van der Waals surface area contributed by atoms with Gasteiger partial charge in [-0.2, -0.15) is 0 Å². The summed E-state index contributed by atoms with van der Waals surface area (Å²) in [5.41, 5.74) is 4.63. The van der Waals surface area contributed by atoms with Gasteiger partial charge in [-0.05, 0) is 87.5 Å². The van der Waals surface area contributed by atoms with Crippen LogP contribution in [-0.2, 0) is 13.0 Å². The summed E-state index contributed by atoms with van der Waals surface area (Å²) in [7, 11) is 2.15. The highest BCUT2D eigenvalue weighted by Crippen LogP contribution is 2.26. The van der Waals surface area contributed by atoms with Crippen LogP contribution in [0.5, 0.6) is 0 Å². The van der Waals surface area contributed by atoms with Gasteiger partial charge in [0.2, 0.25) is 0 Å². The fourth-order valence-corrected chi connectivity index (χ4v) is 4.78. The highest BCUT2D eigenvalue weighted by atomic mass is 32.1. The molecule has 0 saturated carbocycles. The molecule has 4 rings (SSSR count). The molecule has 2 aromatic heterocycles. The first-order chi connectivity index (χ1) is 14.9. The molecule has 0 radical (unpaired) electrons. The first-order valence-corrected chi connectivity index (χ1v) is 11.1. The summed E-state index contributed by atoms with van der Waals surface area (Å²) in [5, 5.41) is 4.04. The van der Waals surface area contributed by atoms with Crippen LogP contribution in [-0.4, -0.2) is 29.4 Å². The predicted octanol–water partition coefficient (Wildman–Crippen LogP) is 5.91. The molecular weight excluding hydrogens is 409 g/mol. The van der Waals surface area contributed by atoms with Crippen molar-refractivity contribution in [2.24, 2.45) is 0 Å². The molecule has 31 heavy (non-hydrogen) atoms. The van der Waals surface area contributed by atoms with Crippen LogP contribution in [0.1, 0.15) is 31.4 Å². The van der Waals surface area contributed by atoms with E-state index in [1.165, 1.54) is 39.6 Å². The van der Waals surface area contributed by atoms with Crippen molar-refractivity contribution in [3.8, 4) is 0 Å². The number of anilines is 1. The molecule has 0 bridgehead atoms. The van der Waals surface area contributed by atoms with Gasteiger partial charge in [-0.3, -0.25) is 4.79 Å². The number of nitrogens with one attached hydrogen (secondary N) is 2. The third kappa shape index (κ3) is 5.03. The molecule has 0 atom stereocenters. The summed E-state index contributed by atoms with van der Waals surface area (Å²) in [5.74, 6) is -0.608. The maximum Gasteiger partial charge on any atom is 0.255 e. The van der Waals surface area contributed by atoms with Gasteiger partial charge in [0.05, 0.1) is 0 Å². The van der Waals surface area contributed by atoms with Crippen LogP contribution >= 0.6 is 11.3 Å². The molecule has 0 unspecified atom stereocenters. The van der Waals surface area contributed by atoms with Gasteiger partial charge >= 0.3 is 0 Å². The van der Waals surface area contributed by atoms with E-state index in [0.29, 0.717) is 5.56 Å². The third-order valence-electron chi connectivity index (χ3n) is 5.45. The maximum atomic E-state index is 13.1. The van der Waals surface area contributed by atoms with Crippen LogP contribution in [0.2, 0.25) is 0 Å². The van der Waals surface area contributed by atoms with Gasteiger partial charge in [-0.1, -0.05) is 0 Å². The quantitative estimate of drug-likeness (QED) is 0.379. The van der Waals surface area contributed by atoms with Gasteiger partial charge in [-0.15, -0.1) is 11.3 Å². The number of nitrogens with zero attached hydrogens (tertiary/aromatic N) is 1. The molecule has 2 heterocycles. The van der Waals surface area contributed by atoms with Crippen molar-refractivity contribution in [1.29, 1.82) is 0 Å². The first kappa shape index (κ1) is 21.3. The molecule has 1 amide bonds. The van der Waals surface area contributed by atoms with Crippen molar-refractivity contribution in [2.75, 3.05) is 18.9 Å². The number of aryl methyl sites for hydroxylation is 2. The number of benzene rings is 2. The van der Waals surface area contributed by atoms with Gasteiger partial charge in [0.15, 0.2) is 0 Å². The number of carbonyl (C=O) groups excluding carboxylic acids is 1. The largest absolute Gasteiger partial charge is 0.358 e. The lowest BCUT2D eigenvalue weighted by Crippen LogP contribution is -2.20. The number of H-pyrrole nitrogens is 1. The number of likely N-dealkylation sites (N-methyl/N-ethyl adjacent to an activating group) is 1. The molecular formula is C25H26FN3OS. The molecule has 0 aliphatic carbocycles. The molecule has 6 heteroatoms. The maximum absolute atomic E-state index is 13.1. The van der Waals surface area contributed by atoms with Gasteiger partial charge in [0.25, 0.3) is 5.91 Å². The van der Waals surface area contributed by atoms with E-state index < -0.39 is 0 Å². The van der Waals surface area contributed by atoms with Crippen molar-refractivity contribution in [3.63, 3.8) is 0 Å². The van der Waals surface area contributed by atoms with E-state index in [4.69, 9.17) is 0 Å². The second-order valence-electron chi connectivity index (χ2n) is 7.95. The topological polar surface area (TPSA) is 48.1 Å². The van der Waals surface area contributed by atoms with Gasteiger partial charge in [0, 0.05) is 50.7 Å². The number of fused-ring (bicyclic) bond motifs is 1. The van der Waals surface area contributed by atoms with Crippen molar-refractivity contribution in [3.05, 3.63) is 87.0 Å². The normalized spacial score (nSPS) is 11.4. The number of halogens is 1. The van der Waals surface area contributed by atoms with E-state index in [0.717, 1.165) is 41.8 Å².